The SMILES string of the molecule is CC(=O)O[C@H](COC(=O)c1ccccc1)[C@H]1OC(=O)C=C[C@H]1OC(=O)/C=C/c1ccc(F)cc1. The standard InChI is InChI=1S/C25H21FO8/c1-16(27)32-21(15-31-25(30)18-5-3-2-4-6-18)24-20(12-14-23(29)34-24)33-22(28)13-9-17-7-10-19(26)11-8-17/h2-14,20-21,24H,15H2,1H3/b13-9+/t20-,21-,24+/m1/s1. The predicted octanol–water partition coefficient (Wildman–Crippen LogP) is 3.02. The van der Waals surface area contributed by atoms with Crippen LogP contribution in [0.1, 0.15) is 22.8 Å². The van der Waals surface area contributed by atoms with Crippen LogP contribution in [0.3, 0.4) is 0 Å². The van der Waals surface area contributed by atoms with Gasteiger partial charge in [-0.3, -0.25) is 4.79 Å². The number of ether oxygens (including phenoxy) is 4. The van der Waals surface area contributed by atoms with Crippen molar-refractivity contribution in [3.05, 3.63) is 89.8 Å². The van der Waals surface area contributed by atoms with Crippen LogP contribution in [0, 0.1) is 5.82 Å². The summed E-state index contributed by atoms with van der Waals surface area (Å²) >= 11 is 0. The van der Waals surface area contributed by atoms with Gasteiger partial charge in [0.2, 0.25) is 0 Å². The summed E-state index contributed by atoms with van der Waals surface area (Å²) in [4.78, 5) is 48.1. The lowest BCUT2D eigenvalue weighted by atomic mass is 10.1. The molecule has 0 unspecified atom stereocenters. The van der Waals surface area contributed by atoms with Gasteiger partial charge in [0.25, 0.3) is 0 Å². The lowest BCUT2D eigenvalue weighted by Crippen LogP contribution is -2.48. The van der Waals surface area contributed by atoms with Crippen molar-refractivity contribution >= 4 is 30.0 Å². The van der Waals surface area contributed by atoms with E-state index in [0.717, 1.165) is 19.1 Å². The van der Waals surface area contributed by atoms with E-state index >= 15 is 0 Å². The average Bonchev–Trinajstić information content (AvgIpc) is 2.82. The highest BCUT2D eigenvalue weighted by Crippen LogP contribution is 2.20. The second-order valence-electron chi connectivity index (χ2n) is 7.16. The Morgan fingerprint density at radius 1 is 1.09 bits per heavy atom. The van der Waals surface area contributed by atoms with Crippen LogP contribution in [0.5, 0.6) is 0 Å². The van der Waals surface area contributed by atoms with Gasteiger partial charge in [-0.05, 0) is 42.0 Å². The van der Waals surface area contributed by atoms with Crippen molar-refractivity contribution in [2.45, 2.75) is 25.2 Å². The topological polar surface area (TPSA) is 105 Å². The Hall–Kier alpha value is -4.27. The van der Waals surface area contributed by atoms with Crippen LogP contribution in [-0.2, 0) is 33.3 Å². The molecule has 34 heavy (non-hydrogen) atoms. The fourth-order valence-electron chi connectivity index (χ4n) is 3.05. The molecular formula is C25H21FO8. The maximum Gasteiger partial charge on any atom is 0.338 e. The molecule has 0 saturated heterocycles. The smallest absolute Gasteiger partial charge is 0.338 e. The molecule has 0 N–H and O–H groups in total. The van der Waals surface area contributed by atoms with E-state index in [1.807, 2.05) is 0 Å². The third-order valence-corrected chi connectivity index (χ3v) is 4.60. The third-order valence-electron chi connectivity index (χ3n) is 4.60. The summed E-state index contributed by atoms with van der Waals surface area (Å²) in [7, 11) is 0. The fraction of sp³-hybridized carbons (Fsp3) is 0.200. The Bertz CT molecular complexity index is 1090. The van der Waals surface area contributed by atoms with Crippen molar-refractivity contribution in [3.63, 3.8) is 0 Å². The minimum Gasteiger partial charge on any atom is -0.458 e. The van der Waals surface area contributed by atoms with E-state index in [2.05, 4.69) is 0 Å². The van der Waals surface area contributed by atoms with Crippen molar-refractivity contribution in [3.8, 4) is 0 Å². The van der Waals surface area contributed by atoms with Crippen molar-refractivity contribution in [2.24, 2.45) is 0 Å². The van der Waals surface area contributed by atoms with Crippen molar-refractivity contribution < 1.29 is 42.5 Å². The van der Waals surface area contributed by atoms with E-state index in [1.165, 1.54) is 36.4 Å². The molecule has 8 nitrogen and oxygen atoms in total. The van der Waals surface area contributed by atoms with E-state index in [4.69, 9.17) is 18.9 Å². The van der Waals surface area contributed by atoms with Gasteiger partial charge in [0.05, 0.1) is 5.56 Å². The fourth-order valence-corrected chi connectivity index (χ4v) is 3.05. The Morgan fingerprint density at radius 3 is 2.47 bits per heavy atom. The van der Waals surface area contributed by atoms with Crippen LogP contribution in [-0.4, -0.2) is 48.8 Å². The zero-order chi connectivity index (χ0) is 24.5. The molecular weight excluding hydrogens is 447 g/mol. The largest absolute Gasteiger partial charge is 0.458 e. The molecule has 0 radical (unpaired) electrons. The number of cyclic esters (lactones) is 1. The van der Waals surface area contributed by atoms with Crippen LogP contribution in [0.25, 0.3) is 6.08 Å². The quantitative estimate of drug-likeness (QED) is 0.331. The maximum atomic E-state index is 13.0. The molecule has 1 heterocycles. The molecule has 0 aliphatic carbocycles. The highest BCUT2D eigenvalue weighted by atomic mass is 19.1. The summed E-state index contributed by atoms with van der Waals surface area (Å²) in [5.74, 6) is -3.34. The molecule has 1 aliphatic rings. The molecule has 0 spiro atoms. The molecule has 3 rings (SSSR count). The molecule has 9 heteroatoms. The van der Waals surface area contributed by atoms with E-state index in [9.17, 15) is 23.6 Å². The number of hydrogen-bond acceptors (Lipinski definition) is 8. The molecule has 0 bridgehead atoms. The molecule has 0 fully saturated rings. The van der Waals surface area contributed by atoms with Crippen LogP contribution >= 0.6 is 0 Å². The number of carbonyl (C=O) groups is 4. The van der Waals surface area contributed by atoms with Gasteiger partial charge < -0.3 is 18.9 Å². The van der Waals surface area contributed by atoms with Crippen LogP contribution in [0.2, 0.25) is 0 Å². The summed E-state index contributed by atoms with van der Waals surface area (Å²) in [6.07, 6.45) is 1.27. The minimum atomic E-state index is -1.26. The Kier molecular flexibility index (Phi) is 8.28. The number of halogens is 1. The Balaban J connectivity index is 1.70. The van der Waals surface area contributed by atoms with Gasteiger partial charge in [-0.2, -0.15) is 0 Å². The highest BCUT2D eigenvalue weighted by Gasteiger charge is 2.39. The monoisotopic (exact) mass is 468 g/mol. The zero-order valence-corrected chi connectivity index (χ0v) is 18.1. The number of carbonyl (C=O) groups excluding carboxylic acids is 4. The second kappa shape index (κ2) is 11.6. The number of hydrogen-bond donors (Lipinski definition) is 0. The molecule has 2 aromatic rings. The van der Waals surface area contributed by atoms with Gasteiger partial charge in [0, 0.05) is 19.1 Å². The Labute approximate surface area is 194 Å². The van der Waals surface area contributed by atoms with Gasteiger partial charge in [-0.25, -0.2) is 18.8 Å². The summed E-state index contributed by atoms with van der Waals surface area (Å²) in [6.45, 7) is 0.692. The second-order valence-corrected chi connectivity index (χ2v) is 7.16. The maximum absolute atomic E-state index is 13.0. The van der Waals surface area contributed by atoms with Gasteiger partial charge in [0.15, 0.2) is 18.3 Å². The summed E-state index contributed by atoms with van der Waals surface area (Å²) < 4.78 is 34.0. The van der Waals surface area contributed by atoms with Crippen LogP contribution < -0.4 is 0 Å². The van der Waals surface area contributed by atoms with Crippen molar-refractivity contribution in [1.82, 2.24) is 0 Å². The van der Waals surface area contributed by atoms with Gasteiger partial charge in [-0.1, -0.05) is 30.3 Å². The first-order valence-electron chi connectivity index (χ1n) is 10.2. The van der Waals surface area contributed by atoms with E-state index < -0.39 is 54.6 Å². The normalized spacial score (nSPS) is 18.1. The van der Waals surface area contributed by atoms with E-state index in [-0.39, 0.29) is 5.56 Å². The third kappa shape index (κ3) is 7.13. The Morgan fingerprint density at radius 2 is 1.79 bits per heavy atom. The first-order chi connectivity index (χ1) is 16.3. The first kappa shape index (κ1) is 24.4. The highest BCUT2D eigenvalue weighted by molar-refractivity contribution is 5.89. The summed E-state index contributed by atoms with van der Waals surface area (Å²) in [5, 5.41) is 0. The number of benzene rings is 2. The lowest BCUT2D eigenvalue weighted by molar-refractivity contribution is -0.181. The van der Waals surface area contributed by atoms with E-state index in [1.54, 1.807) is 30.3 Å². The minimum absolute atomic E-state index is 0.276. The molecule has 176 valence electrons. The number of esters is 4. The van der Waals surface area contributed by atoms with Crippen molar-refractivity contribution in [2.75, 3.05) is 6.61 Å². The van der Waals surface area contributed by atoms with Gasteiger partial charge >= 0.3 is 23.9 Å². The van der Waals surface area contributed by atoms with Crippen LogP contribution in [0.15, 0.2) is 72.8 Å². The number of rotatable bonds is 8. The van der Waals surface area contributed by atoms with Crippen LogP contribution in [0.4, 0.5) is 4.39 Å². The lowest BCUT2D eigenvalue weighted by Gasteiger charge is -2.32. The molecule has 3 atom stereocenters. The van der Waals surface area contributed by atoms with Gasteiger partial charge in [-0.15, -0.1) is 0 Å². The molecule has 1 aliphatic heterocycles. The molecule has 0 saturated carbocycles. The van der Waals surface area contributed by atoms with Gasteiger partial charge in [0.1, 0.15) is 12.4 Å². The molecule has 0 amide bonds. The molecule has 0 aromatic heterocycles. The average molecular weight is 468 g/mol. The first-order valence-corrected chi connectivity index (χ1v) is 10.2. The summed E-state index contributed by atoms with van der Waals surface area (Å²) in [5.41, 5.74) is 0.838. The van der Waals surface area contributed by atoms with Crippen molar-refractivity contribution in [1.29, 1.82) is 0 Å². The molecule has 2 aromatic carbocycles. The predicted molar refractivity (Wildman–Crippen MR) is 117 cm³/mol. The zero-order valence-electron chi connectivity index (χ0n) is 18.1. The summed E-state index contributed by atoms with van der Waals surface area (Å²) in [6, 6.07) is 13.6. The van der Waals surface area contributed by atoms with E-state index in [0.29, 0.717) is 5.56 Å².